The molecule has 0 spiro atoms. The zero-order chi connectivity index (χ0) is 14.3. The summed E-state index contributed by atoms with van der Waals surface area (Å²) in [5.74, 6) is 0.765. The molecule has 1 aromatic carbocycles. The highest BCUT2D eigenvalue weighted by Gasteiger charge is 2.12. The van der Waals surface area contributed by atoms with Gasteiger partial charge in [0.25, 0.3) is 0 Å². The van der Waals surface area contributed by atoms with Gasteiger partial charge in [0.15, 0.2) is 0 Å². The summed E-state index contributed by atoms with van der Waals surface area (Å²) in [6, 6.07) is 4.06. The van der Waals surface area contributed by atoms with Gasteiger partial charge in [-0.15, -0.1) is 0 Å². The highest BCUT2D eigenvalue weighted by molar-refractivity contribution is 6.32. The fraction of sp³-hybridized carbons (Fsp3) is 0.600. The first-order valence-electron chi connectivity index (χ1n) is 6.85. The van der Waals surface area contributed by atoms with Gasteiger partial charge in [-0.25, -0.2) is 0 Å². The van der Waals surface area contributed by atoms with Crippen LogP contribution in [-0.2, 0) is 17.8 Å². The molecule has 108 valence electrons. The molecule has 0 aliphatic rings. The number of hydrogen-bond donors (Lipinski definition) is 1. The maximum atomic E-state index is 6.31. The molecule has 0 aliphatic heterocycles. The SMILES string of the molecule is CCCOc1c(Cl)cc(COCC)cc1CC(C)N. The van der Waals surface area contributed by atoms with Crippen LogP contribution in [0.5, 0.6) is 5.75 Å². The van der Waals surface area contributed by atoms with Gasteiger partial charge < -0.3 is 15.2 Å². The minimum Gasteiger partial charge on any atom is -0.492 e. The van der Waals surface area contributed by atoms with Crippen LogP contribution >= 0.6 is 11.6 Å². The van der Waals surface area contributed by atoms with Gasteiger partial charge in [0.1, 0.15) is 5.75 Å². The number of rotatable bonds is 8. The average Bonchev–Trinajstić information content (AvgIpc) is 2.34. The van der Waals surface area contributed by atoms with E-state index in [1.165, 1.54) is 0 Å². The fourth-order valence-electron chi connectivity index (χ4n) is 1.88. The van der Waals surface area contributed by atoms with Crippen molar-refractivity contribution in [3.05, 3.63) is 28.3 Å². The molecule has 0 amide bonds. The van der Waals surface area contributed by atoms with Crippen molar-refractivity contribution < 1.29 is 9.47 Å². The number of nitrogens with two attached hydrogens (primary N) is 1. The van der Waals surface area contributed by atoms with Crippen molar-refractivity contribution >= 4 is 11.6 Å². The van der Waals surface area contributed by atoms with Gasteiger partial charge in [-0.05, 0) is 49.9 Å². The Morgan fingerprint density at radius 1 is 1.32 bits per heavy atom. The average molecular weight is 286 g/mol. The monoisotopic (exact) mass is 285 g/mol. The second-order valence-corrected chi connectivity index (χ2v) is 5.14. The molecule has 1 rings (SSSR count). The van der Waals surface area contributed by atoms with Gasteiger partial charge in [-0.3, -0.25) is 0 Å². The van der Waals surface area contributed by atoms with Crippen molar-refractivity contribution in [2.75, 3.05) is 13.2 Å². The minimum absolute atomic E-state index is 0.0717. The molecule has 1 aromatic rings. The van der Waals surface area contributed by atoms with Crippen LogP contribution in [-0.4, -0.2) is 19.3 Å². The van der Waals surface area contributed by atoms with Crippen LogP contribution in [0, 0.1) is 0 Å². The summed E-state index contributed by atoms with van der Waals surface area (Å²) < 4.78 is 11.2. The predicted octanol–water partition coefficient (Wildman–Crippen LogP) is 3.56. The van der Waals surface area contributed by atoms with Crippen LogP contribution < -0.4 is 10.5 Å². The number of ether oxygens (including phenoxy) is 2. The van der Waals surface area contributed by atoms with Crippen molar-refractivity contribution in [3.8, 4) is 5.75 Å². The van der Waals surface area contributed by atoms with Gasteiger partial charge in [-0.1, -0.05) is 18.5 Å². The number of benzene rings is 1. The van der Waals surface area contributed by atoms with Crippen molar-refractivity contribution in [3.63, 3.8) is 0 Å². The van der Waals surface area contributed by atoms with Crippen molar-refractivity contribution in [1.82, 2.24) is 0 Å². The van der Waals surface area contributed by atoms with Crippen molar-refractivity contribution in [2.45, 2.75) is 46.3 Å². The Labute approximate surface area is 121 Å². The molecule has 2 N–H and O–H groups in total. The third-order valence-electron chi connectivity index (χ3n) is 2.65. The highest BCUT2D eigenvalue weighted by Crippen LogP contribution is 2.32. The van der Waals surface area contributed by atoms with E-state index < -0.39 is 0 Å². The van der Waals surface area contributed by atoms with Crippen LogP contribution in [0.15, 0.2) is 12.1 Å². The van der Waals surface area contributed by atoms with Crippen LogP contribution in [0.2, 0.25) is 5.02 Å². The molecule has 1 atom stereocenters. The molecular formula is C15H24ClNO2. The number of halogens is 1. The maximum absolute atomic E-state index is 6.31. The third kappa shape index (κ3) is 5.39. The van der Waals surface area contributed by atoms with Gasteiger partial charge in [0.2, 0.25) is 0 Å². The van der Waals surface area contributed by atoms with E-state index in [-0.39, 0.29) is 6.04 Å². The Morgan fingerprint density at radius 3 is 2.63 bits per heavy atom. The lowest BCUT2D eigenvalue weighted by atomic mass is 10.0. The van der Waals surface area contributed by atoms with Crippen LogP contribution in [0.4, 0.5) is 0 Å². The van der Waals surface area contributed by atoms with Crippen LogP contribution in [0.25, 0.3) is 0 Å². The molecule has 0 saturated heterocycles. The summed E-state index contributed by atoms with van der Waals surface area (Å²) >= 11 is 6.31. The first-order valence-corrected chi connectivity index (χ1v) is 7.23. The number of hydrogen-bond acceptors (Lipinski definition) is 3. The van der Waals surface area contributed by atoms with Gasteiger partial charge in [-0.2, -0.15) is 0 Å². The summed E-state index contributed by atoms with van der Waals surface area (Å²) in [6.45, 7) is 7.94. The summed E-state index contributed by atoms with van der Waals surface area (Å²) in [4.78, 5) is 0. The predicted molar refractivity (Wildman–Crippen MR) is 79.9 cm³/mol. The smallest absolute Gasteiger partial charge is 0.141 e. The topological polar surface area (TPSA) is 44.5 Å². The maximum Gasteiger partial charge on any atom is 0.141 e. The van der Waals surface area contributed by atoms with E-state index in [0.717, 1.165) is 29.7 Å². The van der Waals surface area contributed by atoms with Gasteiger partial charge in [0.05, 0.1) is 18.2 Å². The zero-order valence-corrected chi connectivity index (χ0v) is 12.8. The van der Waals surface area contributed by atoms with E-state index in [2.05, 4.69) is 13.0 Å². The Kier molecular flexibility index (Phi) is 7.21. The van der Waals surface area contributed by atoms with Crippen molar-refractivity contribution in [1.29, 1.82) is 0 Å². The molecule has 19 heavy (non-hydrogen) atoms. The van der Waals surface area contributed by atoms with Crippen LogP contribution in [0.3, 0.4) is 0 Å². The fourth-order valence-corrected chi connectivity index (χ4v) is 2.20. The minimum atomic E-state index is 0.0717. The molecule has 0 aromatic heterocycles. The molecule has 0 fully saturated rings. The van der Waals surface area contributed by atoms with Gasteiger partial charge >= 0.3 is 0 Å². The molecular weight excluding hydrogens is 262 g/mol. The summed E-state index contributed by atoms with van der Waals surface area (Å²) in [5.41, 5.74) is 8.01. The first-order chi connectivity index (χ1) is 9.08. The van der Waals surface area contributed by atoms with Gasteiger partial charge in [0, 0.05) is 12.6 Å². The highest BCUT2D eigenvalue weighted by atomic mass is 35.5. The lowest BCUT2D eigenvalue weighted by Crippen LogP contribution is -2.18. The molecule has 4 heteroatoms. The van der Waals surface area contributed by atoms with E-state index in [9.17, 15) is 0 Å². The zero-order valence-electron chi connectivity index (χ0n) is 12.0. The summed E-state index contributed by atoms with van der Waals surface area (Å²) in [5, 5.41) is 0.640. The third-order valence-corrected chi connectivity index (χ3v) is 2.93. The van der Waals surface area contributed by atoms with E-state index in [1.807, 2.05) is 19.9 Å². The normalized spacial score (nSPS) is 12.5. The Hall–Kier alpha value is -0.770. The Morgan fingerprint density at radius 2 is 2.05 bits per heavy atom. The lowest BCUT2D eigenvalue weighted by Gasteiger charge is -2.16. The Balaban J connectivity index is 2.99. The van der Waals surface area contributed by atoms with Crippen molar-refractivity contribution in [2.24, 2.45) is 5.73 Å². The molecule has 0 heterocycles. The molecule has 3 nitrogen and oxygen atoms in total. The van der Waals surface area contributed by atoms with E-state index in [4.69, 9.17) is 26.8 Å². The summed E-state index contributed by atoms with van der Waals surface area (Å²) in [6.07, 6.45) is 1.70. The lowest BCUT2D eigenvalue weighted by molar-refractivity contribution is 0.134. The van der Waals surface area contributed by atoms with Crippen LogP contribution in [0.1, 0.15) is 38.3 Å². The van der Waals surface area contributed by atoms with E-state index >= 15 is 0 Å². The molecule has 0 aliphatic carbocycles. The molecule has 0 bridgehead atoms. The molecule has 0 saturated carbocycles. The standard InChI is InChI=1S/C15H24ClNO2/c1-4-6-19-15-13(7-11(3)17)8-12(9-14(15)16)10-18-5-2/h8-9,11H,4-7,10,17H2,1-3H3. The molecule has 0 radical (unpaired) electrons. The molecule has 1 unspecified atom stereocenters. The largest absolute Gasteiger partial charge is 0.492 e. The second kappa shape index (κ2) is 8.41. The summed E-state index contributed by atoms with van der Waals surface area (Å²) in [7, 11) is 0. The van der Waals surface area contributed by atoms with E-state index in [0.29, 0.717) is 24.8 Å². The quantitative estimate of drug-likeness (QED) is 0.794. The second-order valence-electron chi connectivity index (χ2n) is 4.73. The van der Waals surface area contributed by atoms with E-state index in [1.54, 1.807) is 0 Å². The first kappa shape index (κ1) is 16.3. The Bertz CT molecular complexity index is 394.